The fourth-order valence-corrected chi connectivity index (χ4v) is 2.46. The molecule has 0 bridgehead atoms. The standard InChI is InChI=1S/C19H26N6O3/c1-13-10-17(20-8-5-9-25(2)3)23-18(21-13)24-19(27)22-16-7-6-15(28-4)11-14(16)12-26/h6-7,10-12H,5,8-9H2,1-4H3,(H3,20,21,22,23,24,27). The van der Waals surface area contributed by atoms with E-state index < -0.39 is 6.03 Å². The fraction of sp³-hybridized carbons (Fsp3) is 0.368. The van der Waals surface area contributed by atoms with Crippen LogP contribution in [0.3, 0.4) is 0 Å². The van der Waals surface area contributed by atoms with Crippen molar-refractivity contribution in [2.75, 3.05) is 50.2 Å². The average molecular weight is 386 g/mol. The number of hydrogen-bond acceptors (Lipinski definition) is 7. The maximum absolute atomic E-state index is 12.3. The number of carbonyl (C=O) groups is 2. The summed E-state index contributed by atoms with van der Waals surface area (Å²) in [6.07, 6.45) is 1.61. The number of urea groups is 1. The Kier molecular flexibility index (Phi) is 7.70. The van der Waals surface area contributed by atoms with Crippen molar-refractivity contribution in [1.82, 2.24) is 14.9 Å². The van der Waals surface area contributed by atoms with E-state index in [0.29, 0.717) is 29.1 Å². The number of rotatable bonds is 9. The molecule has 1 aromatic heterocycles. The Hall–Kier alpha value is -3.20. The molecule has 28 heavy (non-hydrogen) atoms. The summed E-state index contributed by atoms with van der Waals surface area (Å²) in [5.74, 6) is 1.34. The van der Waals surface area contributed by atoms with Gasteiger partial charge in [0.05, 0.1) is 12.8 Å². The average Bonchev–Trinajstić information content (AvgIpc) is 2.65. The summed E-state index contributed by atoms with van der Waals surface area (Å²) in [5.41, 5.74) is 1.39. The number of aromatic nitrogens is 2. The highest BCUT2D eigenvalue weighted by atomic mass is 16.5. The molecule has 0 unspecified atom stereocenters. The van der Waals surface area contributed by atoms with Gasteiger partial charge in [-0.15, -0.1) is 0 Å². The van der Waals surface area contributed by atoms with Crippen LogP contribution in [0.5, 0.6) is 5.75 Å². The van der Waals surface area contributed by atoms with Crippen LogP contribution < -0.4 is 20.7 Å². The molecule has 0 aliphatic carbocycles. The first-order chi connectivity index (χ1) is 13.4. The van der Waals surface area contributed by atoms with E-state index in [9.17, 15) is 9.59 Å². The number of aryl methyl sites for hydroxylation is 1. The van der Waals surface area contributed by atoms with Crippen LogP contribution in [0.15, 0.2) is 24.3 Å². The van der Waals surface area contributed by atoms with E-state index in [1.54, 1.807) is 18.2 Å². The number of amides is 2. The van der Waals surface area contributed by atoms with Gasteiger partial charge in [-0.3, -0.25) is 10.1 Å². The molecule has 0 spiro atoms. The van der Waals surface area contributed by atoms with Crippen LogP contribution in [0.25, 0.3) is 0 Å². The first-order valence-electron chi connectivity index (χ1n) is 8.86. The van der Waals surface area contributed by atoms with Gasteiger partial charge < -0.3 is 20.3 Å². The van der Waals surface area contributed by atoms with Crippen LogP contribution in [0.2, 0.25) is 0 Å². The number of hydrogen-bond donors (Lipinski definition) is 3. The van der Waals surface area contributed by atoms with Gasteiger partial charge >= 0.3 is 6.03 Å². The summed E-state index contributed by atoms with van der Waals surface area (Å²) in [6, 6.07) is 6.06. The van der Waals surface area contributed by atoms with E-state index in [1.165, 1.54) is 7.11 Å². The number of aldehydes is 1. The summed E-state index contributed by atoms with van der Waals surface area (Å²) >= 11 is 0. The van der Waals surface area contributed by atoms with Gasteiger partial charge in [-0.2, -0.15) is 4.98 Å². The SMILES string of the molecule is COc1ccc(NC(=O)Nc2nc(C)cc(NCCCN(C)C)n2)c(C=O)c1. The van der Waals surface area contributed by atoms with Gasteiger partial charge in [0, 0.05) is 23.9 Å². The fourth-order valence-electron chi connectivity index (χ4n) is 2.46. The summed E-state index contributed by atoms with van der Waals surface area (Å²) in [5, 5.41) is 8.44. The van der Waals surface area contributed by atoms with Crippen LogP contribution in [0.4, 0.5) is 22.2 Å². The molecular weight excluding hydrogens is 360 g/mol. The van der Waals surface area contributed by atoms with E-state index in [2.05, 4.69) is 30.8 Å². The summed E-state index contributed by atoms with van der Waals surface area (Å²) in [4.78, 5) is 34.1. The van der Waals surface area contributed by atoms with Gasteiger partial charge in [0.2, 0.25) is 5.95 Å². The van der Waals surface area contributed by atoms with Crippen molar-refractivity contribution in [2.45, 2.75) is 13.3 Å². The zero-order valence-electron chi connectivity index (χ0n) is 16.6. The van der Waals surface area contributed by atoms with E-state index in [4.69, 9.17) is 4.74 Å². The van der Waals surface area contributed by atoms with Crippen LogP contribution in [-0.2, 0) is 0 Å². The third-order valence-electron chi connectivity index (χ3n) is 3.80. The molecule has 0 fully saturated rings. The first kappa shape index (κ1) is 21.1. The van der Waals surface area contributed by atoms with E-state index in [-0.39, 0.29) is 5.95 Å². The molecule has 0 saturated carbocycles. The van der Waals surface area contributed by atoms with Crippen LogP contribution >= 0.6 is 0 Å². The zero-order valence-corrected chi connectivity index (χ0v) is 16.6. The normalized spacial score (nSPS) is 10.5. The topological polar surface area (TPSA) is 108 Å². The monoisotopic (exact) mass is 386 g/mol. The number of nitrogens with zero attached hydrogens (tertiary/aromatic N) is 3. The van der Waals surface area contributed by atoms with Crippen LogP contribution in [0.1, 0.15) is 22.5 Å². The Balaban J connectivity index is 2.00. The lowest BCUT2D eigenvalue weighted by Crippen LogP contribution is -2.22. The van der Waals surface area contributed by atoms with Crippen molar-refractivity contribution in [3.05, 3.63) is 35.5 Å². The van der Waals surface area contributed by atoms with Crippen molar-refractivity contribution in [3.63, 3.8) is 0 Å². The Morgan fingerprint density at radius 3 is 2.68 bits per heavy atom. The third kappa shape index (κ3) is 6.51. The molecule has 150 valence electrons. The molecule has 1 heterocycles. The number of anilines is 3. The van der Waals surface area contributed by atoms with E-state index >= 15 is 0 Å². The minimum Gasteiger partial charge on any atom is -0.497 e. The lowest BCUT2D eigenvalue weighted by atomic mass is 10.2. The second-order valence-corrected chi connectivity index (χ2v) is 6.45. The molecule has 0 aliphatic heterocycles. The molecule has 3 N–H and O–H groups in total. The van der Waals surface area contributed by atoms with Crippen molar-refractivity contribution >= 4 is 29.8 Å². The molecular formula is C19H26N6O3. The maximum atomic E-state index is 12.3. The molecule has 0 aliphatic rings. The summed E-state index contributed by atoms with van der Waals surface area (Å²) in [6.45, 7) is 3.55. The molecule has 1 aromatic carbocycles. The predicted octanol–water partition coefficient (Wildman–Crippen LogP) is 2.61. The lowest BCUT2D eigenvalue weighted by Gasteiger charge is -2.12. The lowest BCUT2D eigenvalue weighted by molar-refractivity contribution is 0.112. The first-order valence-corrected chi connectivity index (χ1v) is 8.86. The molecule has 0 saturated heterocycles. The van der Waals surface area contributed by atoms with Gasteiger partial charge in [0.1, 0.15) is 11.6 Å². The smallest absolute Gasteiger partial charge is 0.326 e. The van der Waals surface area contributed by atoms with Crippen LogP contribution in [0, 0.1) is 6.92 Å². The second-order valence-electron chi connectivity index (χ2n) is 6.45. The highest BCUT2D eigenvalue weighted by molar-refractivity contribution is 6.02. The van der Waals surface area contributed by atoms with Crippen molar-refractivity contribution in [2.24, 2.45) is 0 Å². The minimum atomic E-state index is -0.544. The Labute approximate surface area is 164 Å². The summed E-state index contributed by atoms with van der Waals surface area (Å²) < 4.78 is 5.08. The van der Waals surface area contributed by atoms with E-state index in [1.807, 2.05) is 27.1 Å². The van der Waals surface area contributed by atoms with Gasteiger partial charge in [-0.05, 0) is 52.2 Å². The predicted molar refractivity (Wildman–Crippen MR) is 109 cm³/mol. The second kappa shape index (κ2) is 10.2. The van der Waals surface area contributed by atoms with Crippen molar-refractivity contribution in [1.29, 1.82) is 0 Å². The molecule has 2 rings (SSSR count). The number of benzene rings is 1. The van der Waals surface area contributed by atoms with Crippen molar-refractivity contribution < 1.29 is 14.3 Å². The molecule has 9 heteroatoms. The van der Waals surface area contributed by atoms with Gasteiger partial charge in [0.15, 0.2) is 6.29 Å². The maximum Gasteiger partial charge on any atom is 0.326 e. The Morgan fingerprint density at radius 1 is 1.21 bits per heavy atom. The highest BCUT2D eigenvalue weighted by Crippen LogP contribution is 2.20. The van der Waals surface area contributed by atoms with Gasteiger partial charge in [-0.25, -0.2) is 9.78 Å². The van der Waals surface area contributed by atoms with Gasteiger partial charge in [0.25, 0.3) is 0 Å². The minimum absolute atomic E-state index is 0.175. The van der Waals surface area contributed by atoms with Gasteiger partial charge in [-0.1, -0.05) is 0 Å². The highest BCUT2D eigenvalue weighted by Gasteiger charge is 2.10. The summed E-state index contributed by atoms with van der Waals surface area (Å²) in [7, 11) is 5.55. The number of carbonyl (C=O) groups excluding carboxylic acids is 2. The molecule has 0 atom stereocenters. The molecule has 2 amide bonds. The Bertz CT molecular complexity index is 825. The number of ether oxygens (including phenoxy) is 1. The molecule has 9 nitrogen and oxygen atoms in total. The van der Waals surface area contributed by atoms with Crippen LogP contribution in [-0.4, -0.2) is 61.5 Å². The largest absolute Gasteiger partial charge is 0.497 e. The molecule has 0 radical (unpaired) electrons. The number of nitrogens with one attached hydrogen (secondary N) is 3. The third-order valence-corrected chi connectivity index (χ3v) is 3.80. The van der Waals surface area contributed by atoms with E-state index in [0.717, 1.165) is 25.2 Å². The number of methoxy groups -OCH3 is 1. The van der Waals surface area contributed by atoms with Crippen molar-refractivity contribution in [3.8, 4) is 5.75 Å². The Morgan fingerprint density at radius 2 is 2.00 bits per heavy atom. The quantitative estimate of drug-likeness (QED) is 0.449. The molecule has 2 aromatic rings. The zero-order chi connectivity index (χ0) is 20.5.